The van der Waals surface area contributed by atoms with Crippen molar-refractivity contribution in [2.45, 2.75) is 38.5 Å². The van der Waals surface area contributed by atoms with Crippen molar-refractivity contribution in [1.82, 2.24) is 0 Å². The van der Waals surface area contributed by atoms with Crippen molar-refractivity contribution in [1.29, 1.82) is 5.26 Å². The third kappa shape index (κ3) is 3.10. The van der Waals surface area contributed by atoms with Crippen molar-refractivity contribution in [3.8, 4) is 11.8 Å². The molecule has 0 amide bonds. The fraction of sp³-hybridized carbons (Fsp3) is 0.438. The van der Waals surface area contributed by atoms with Gasteiger partial charge >= 0.3 is 5.97 Å². The van der Waals surface area contributed by atoms with Crippen LogP contribution in [0.4, 0.5) is 0 Å². The molecule has 1 heterocycles. The summed E-state index contributed by atoms with van der Waals surface area (Å²) in [4.78, 5) is 15.6. The minimum Gasteiger partial charge on any atom is -0.485 e. The molecule has 2 rings (SSSR count). The smallest absolute Gasteiger partial charge is 0.348 e. The number of aliphatic hydroxyl groups is 1. The number of nitrogens with zero attached hydrogens (tertiary/aromatic N) is 2. The van der Waals surface area contributed by atoms with Gasteiger partial charge in [0, 0.05) is 5.56 Å². The molecule has 1 aromatic carbocycles. The lowest BCUT2D eigenvalue weighted by Gasteiger charge is -2.40. The summed E-state index contributed by atoms with van der Waals surface area (Å²) in [5.41, 5.74) is 0.148. The van der Waals surface area contributed by atoms with Crippen LogP contribution in [-0.4, -0.2) is 35.6 Å². The molecule has 116 valence electrons. The quantitative estimate of drug-likeness (QED) is 0.678. The number of hydrogen-bond donors (Lipinski definition) is 1. The average Bonchev–Trinajstić information content (AvgIpc) is 2.47. The third-order valence-electron chi connectivity index (χ3n) is 3.47. The van der Waals surface area contributed by atoms with Gasteiger partial charge in [0.25, 0.3) is 0 Å². The second-order valence-electron chi connectivity index (χ2n) is 5.49. The van der Waals surface area contributed by atoms with Gasteiger partial charge in [0.2, 0.25) is 0 Å². The molecule has 0 fully saturated rings. The van der Waals surface area contributed by atoms with Gasteiger partial charge in [0.15, 0.2) is 0 Å². The Bertz CT molecular complexity index is 646. The van der Waals surface area contributed by atoms with Gasteiger partial charge < -0.3 is 14.6 Å². The zero-order chi connectivity index (χ0) is 16.3. The Morgan fingerprint density at radius 2 is 2.32 bits per heavy atom. The monoisotopic (exact) mass is 302 g/mol. The van der Waals surface area contributed by atoms with Crippen LogP contribution in [0.15, 0.2) is 23.2 Å². The fourth-order valence-electron chi connectivity index (χ4n) is 2.32. The number of esters is 1. The number of ether oxygens (including phenoxy) is 2. The van der Waals surface area contributed by atoms with E-state index in [0.29, 0.717) is 16.9 Å². The molecule has 0 radical (unpaired) electrons. The zero-order valence-electron chi connectivity index (χ0n) is 12.7. The van der Waals surface area contributed by atoms with Gasteiger partial charge in [0.05, 0.1) is 18.2 Å². The second kappa shape index (κ2) is 6.16. The summed E-state index contributed by atoms with van der Waals surface area (Å²) < 4.78 is 10.6. The molecule has 0 aromatic heterocycles. The first kappa shape index (κ1) is 16.0. The Labute approximate surface area is 129 Å². The van der Waals surface area contributed by atoms with E-state index in [2.05, 4.69) is 4.99 Å². The van der Waals surface area contributed by atoms with E-state index in [1.807, 2.05) is 6.07 Å². The van der Waals surface area contributed by atoms with E-state index in [0.717, 1.165) is 6.21 Å². The van der Waals surface area contributed by atoms with E-state index in [1.54, 1.807) is 39.0 Å². The van der Waals surface area contributed by atoms with E-state index in [4.69, 9.17) is 14.7 Å². The Morgan fingerprint density at radius 3 is 2.95 bits per heavy atom. The number of nitriles is 1. The number of rotatable bonds is 3. The van der Waals surface area contributed by atoms with E-state index >= 15 is 0 Å². The van der Waals surface area contributed by atoms with Crippen LogP contribution in [0.25, 0.3) is 0 Å². The fourth-order valence-corrected chi connectivity index (χ4v) is 2.32. The van der Waals surface area contributed by atoms with Gasteiger partial charge in [-0.25, -0.2) is 4.79 Å². The lowest BCUT2D eigenvalue weighted by Crippen LogP contribution is -2.48. The number of aliphatic imine (C=N–C) groups is 1. The van der Waals surface area contributed by atoms with Crippen molar-refractivity contribution in [2.24, 2.45) is 4.99 Å². The predicted octanol–water partition coefficient (Wildman–Crippen LogP) is 1.77. The minimum atomic E-state index is -0.959. The van der Waals surface area contributed by atoms with E-state index in [1.165, 1.54) is 0 Å². The summed E-state index contributed by atoms with van der Waals surface area (Å²) in [6, 6.07) is 6.26. The summed E-state index contributed by atoms with van der Waals surface area (Å²) in [6.45, 7) is 5.44. The first-order chi connectivity index (χ1) is 10.4. The van der Waals surface area contributed by atoms with Gasteiger partial charge in [-0.1, -0.05) is 0 Å². The standard InChI is InChI=1S/C16H18N2O4/c1-4-21-13(19)9-18-14-11-7-10(8-17)5-6-12(11)22-16(2,3)15(14)20/h5-7,9,14-15,20H,4H2,1-3H3/b18-9+/t14-,15+/m0/s1. The predicted molar refractivity (Wildman–Crippen MR) is 79.7 cm³/mol. The lowest BCUT2D eigenvalue weighted by molar-refractivity contribution is -0.134. The molecule has 1 aliphatic heterocycles. The molecule has 0 saturated heterocycles. The van der Waals surface area contributed by atoms with Crippen LogP contribution in [0.1, 0.15) is 37.9 Å². The van der Waals surface area contributed by atoms with Crippen LogP contribution in [0.2, 0.25) is 0 Å². The number of fused-ring (bicyclic) bond motifs is 1. The number of carbonyl (C=O) groups excluding carboxylic acids is 1. The molecule has 0 spiro atoms. The summed E-state index contributed by atoms with van der Waals surface area (Å²) in [5.74, 6) is -0.0303. The Hall–Kier alpha value is -2.39. The van der Waals surface area contributed by atoms with E-state index in [9.17, 15) is 9.90 Å². The van der Waals surface area contributed by atoms with Gasteiger partial charge in [-0.05, 0) is 39.0 Å². The molecular formula is C16H18N2O4. The molecule has 0 saturated carbocycles. The highest BCUT2D eigenvalue weighted by Gasteiger charge is 2.42. The molecule has 1 aliphatic rings. The van der Waals surface area contributed by atoms with Gasteiger partial charge in [-0.2, -0.15) is 5.26 Å². The lowest BCUT2D eigenvalue weighted by atomic mass is 9.86. The molecular weight excluding hydrogens is 284 g/mol. The van der Waals surface area contributed by atoms with Crippen LogP contribution in [0, 0.1) is 11.3 Å². The molecule has 0 unspecified atom stereocenters. The maximum absolute atomic E-state index is 11.5. The molecule has 1 aromatic rings. The first-order valence-electron chi connectivity index (χ1n) is 7.00. The van der Waals surface area contributed by atoms with Gasteiger partial charge in [0.1, 0.15) is 29.7 Å². The maximum Gasteiger partial charge on any atom is 0.348 e. The SMILES string of the molecule is CCOC(=O)/C=N/[C@H]1c2cc(C#N)ccc2OC(C)(C)[C@@H]1O. The van der Waals surface area contributed by atoms with Crippen molar-refractivity contribution < 1.29 is 19.4 Å². The Kier molecular flexibility index (Phi) is 4.48. The maximum atomic E-state index is 11.5. The largest absolute Gasteiger partial charge is 0.485 e. The summed E-state index contributed by atoms with van der Waals surface area (Å²) in [7, 11) is 0. The van der Waals surface area contributed by atoms with Crippen LogP contribution >= 0.6 is 0 Å². The molecule has 6 nitrogen and oxygen atoms in total. The van der Waals surface area contributed by atoms with Gasteiger partial charge in [-0.15, -0.1) is 0 Å². The number of aliphatic hydroxyl groups excluding tert-OH is 1. The highest BCUT2D eigenvalue weighted by molar-refractivity contribution is 6.23. The number of carbonyl (C=O) groups is 1. The molecule has 2 atom stereocenters. The number of benzene rings is 1. The third-order valence-corrected chi connectivity index (χ3v) is 3.47. The van der Waals surface area contributed by atoms with Crippen LogP contribution in [0.3, 0.4) is 0 Å². The van der Waals surface area contributed by atoms with Crippen molar-refractivity contribution in [3.05, 3.63) is 29.3 Å². The average molecular weight is 302 g/mol. The summed E-state index contributed by atoms with van der Waals surface area (Å²) >= 11 is 0. The van der Waals surface area contributed by atoms with Crippen LogP contribution in [0.5, 0.6) is 5.75 Å². The topological polar surface area (TPSA) is 91.9 Å². The first-order valence-corrected chi connectivity index (χ1v) is 7.00. The Balaban J connectivity index is 2.42. The summed E-state index contributed by atoms with van der Waals surface area (Å²) in [6.07, 6.45) is 0.0985. The molecule has 6 heteroatoms. The van der Waals surface area contributed by atoms with Gasteiger partial charge in [-0.3, -0.25) is 4.99 Å². The van der Waals surface area contributed by atoms with Crippen molar-refractivity contribution >= 4 is 12.2 Å². The van der Waals surface area contributed by atoms with E-state index in [-0.39, 0.29) is 6.61 Å². The molecule has 1 N–H and O–H groups in total. The van der Waals surface area contributed by atoms with E-state index < -0.39 is 23.7 Å². The molecule has 0 aliphatic carbocycles. The van der Waals surface area contributed by atoms with Crippen molar-refractivity contribution in [2.75, 3.05) is 6.61 Å². The molecule has 22 heavy (non-hydrogen) atoms. The zero-order valence-corrected chi connectivity index (χ0v) is 12.7. The van der Waals surface area contributed by atoms with Crippen molar-refractivity contribution in [3.63, 3.8) is 0 Å². The molecule has 0 bridgehead atoms. The summed E-state index contributed by atoms with van der Waals surface area (Å²) in [5, 5.41) is 19.5. The van der Waals surface area contributed by atoms with Crippen LogP contribution < -0.4 is 4.74 Å². The highest BCUT2D eigenvalue weighted by Crippen LogP contribution is 2.42. The second-order valence-corrected chi connectivity index (χ2v) is 5.49. The highest BCUT2D eigenvalue weighted by atomic mass is 16.5. The minimum absolute atomic E-state index is 0.252. The normalized spacial score (nSPS) is 22.5. The number of hydrogen-bond acceptors (Lipinski definition) is 6. The van der Waals surface area contributed by atoms with Crippen LogP contribution in [-0.2, 0) is 9.53 Å². The Morgan fingerprint density at radius 1 is 1.59 bits per heavy atom.